The van der Waals surface area contributed by atoms with E-state index in [0.29, 0.717) is 17.7 Å². The average molecular weight is 305 g/mol. The third-order valence-corrected chi connectivity index (χ3v) is 5.63. The summed E-state index contributed by atoms with van der Waals surface area (Å²) in [6, 6.07) is 20.9. The number of carbonyl (C=O) groups is 1. The van der Waals surface area contributed by atoms with Crippen LogP contribution >= 0.6 is 0 Å². The largest absolute Gasteiger partial charge is 0.312 e. The second kappa shape index (κ2) is 6.19. The monoisotopic (exact) mass is 305 g/mol. The quantitative estimate of drug-likeness (QED) is 0.810. The molecule has 118 valence electrons. The van der Waals surface area contributed by atoms with Gasteiger partial charge in [-0.15, -0.1) is 0 Å². The van der Waals surface area contributed by atoms with Gasteiger partial charge in [0, 0.05) is 18.2 Å². The van der Waals surface area contributed by atoms with Crippen LogP contribution < -0.4 is 4.90 Å². The first kappa shape index (κ1) is 14.5. The maximum atomic E-state index is 12.9. The molecule has 1 aliphatic heterocycles. The number of carbonyl (C=O) groups excluding carboxylic acids is 1. The van der Waals surface area contributed by atoms with Crippen LogP contribution in [0.5, 0.6) is 0 Å². The van der Waals surface area contributed by atoms with Crippen LogP contribution in [0.1, 0.15) is 37.2 Å². The Morgan fingerprint density at radius 1 is 0.826 bits per heavy atom. The maximum absolute atomic E-state index is 12.9. The summed E-state index contributed by atoms with van der Waals surface area (Å²) in [5, 5.41) is 0. The molecule has 1 heterocycles. The van der Waals surface area contributed by atoms with Crippen molar-refractivity contribution in [2.24, 2.45) is 11.8 Å². The number of hydrogen-bond acceptors (Lipinski definition) is 1. The number of hydrogen-bond donors (Lipinski definition) is 0. The molecule has 23 heavy (non-hydrogen) atoms. The zero-order valence-corrected chi connectivity index (χ0v) is 13.4. The van der Waals surface area contributed by atoms with E-state index in [-0.39, 0.29) is 5.92 Å². The summed E-state index contributed by atoms with van der Waals surface area (Å²) in [7, 11) is 0. The number of amides is 1. The molecule has 0 spiro atoms. The van der Waals surface area contributed by atoms with Crippen LogP contribution in [-0.2, 0) is 4.79 Å². The van der Waals surface area contributed by atoms with Crippen molar-refractivity contribution in [2.75, 3.05) is 11.4 Å². The van der Waals surface area contributed by atoms with Crippen molar-refractivity contribution in [3.63, 3.8) is 0 Å². The second-order valence-corrected chi connectivity index (χ2v) is 6.90. The molecule has 1 saturated carbocycles. The minimum Gasteiger partial charge on any atom is -0.312 e. The molecule has 0 aromatic heterocycles. The number of benzene rings is 2. The first-order valence-electron chi connectivity index (χ1n) is 8.74. The Morgan fingerprint density at radius 2 is 1.52 bits per heavy atom. The number of para-hydroxylation sites is 1. The van der Waals surface area contributed by atoms with Gasteiger partial charge in [0.25, 0.3) is 0 Å². The smallest absolute Gasteiger partial charge is 0.230 e. The van der Waals surface area contributed by atoms with E-state index in [4.69, 9.17) is 0 Å². The topological polar surface area (TPSA) is 20.3 Å². The van der Waals surface area contributed by atoms with Gasteiger partial charge in [-0.1, -0.05) is 48.5 Å². The predicted octanol–water partition coefficient (Wildman–Crippen LogP) is 4.62. The molecule has 4 rings (SSSR count). The van der Waals surface area contributed by atoms with E-state index in [2.05, 4.69) is 30.3 Å². The Labute approximate surface area is 138 Å². The first-order valence-corrected chi connectivity index (χ1v) is 8.74. The lowest BCUT2D eigenvalue weighted by atomic mass is 9.87. The highest BCUT2D eigenvalue weighted by Crippen LogP contribution is 2.44. The lowest BCUT2D eigenvalue weighted by molar-refractivity contribution is -0.121. The molecule has 2 aromatic rings. The molecule has 2 fully saturated rings. The number of rotatable bonds is 3. The molecule has 3 atom stereocenters. The Balaban J connectivity index is 1.45. The molecular weight excluding hydrogens is 282 g/mol. The fraction of sp³-hybridized carbons (Fsp3) is 0.381. The molecule has 2 aliphatic rings. The standard InChI is InChI=1S/C21H23NO/c23-21-20(13-14-22(21)19-9-5-2-6-10-19)18-12-11-17(15-18)16-7-3-1-4-8-16/h1-10,17-18,20H,11-15H2. The van der Waals surface area contributed by atoms with Crippen LogP contribution in [0, 0.1) is 11.8 Å². The third kappa shape index (κ3) is 2.78. The van der Waals surface area contributed by atoms with E-state index in [1.54, 1.807) is 0 Å². The molecule has 0 radical (unpaired) electrons. The van der Waals surface area contributed by atoms with Gasteiger partial charge < -0.3 is 4.90 Å². The van der Waals surface area contributed by atoms with Gasteiger partial charge in [0.15, 0.2) is 0 Å². The van der Waals surface area contributed by atoms with Crippen LogP contribution in [0.15, 0.2) is 60.7 Å². The summed E-state index contributed by atoms with van der Waals surface area (Å²) in [6.07, 6.45) is 4.60. The van der Waals surface area contributed by atoms with Crippen molar-refractivity contribution in [1.29, 1.82) is 0 Å². The van der Waals surface area contributed by atoms with Gasteiger partial charge in [0.05, 0.1) is 0 Å². The zero-order valence-electron chi connectivity index (χ0n) is 13.4. The van der Waals surface area contributed by atoms with Crippen LogP contribution in [-0.4, -0.2) is 12.5 Å². The molecule has 1 amide bonds. The Kier molecular flexibility index (Phi) is 3.90. The van der Waals surface area contributed by atoms with Gasteiger partial charge in [0.2, 0.25) is 5.91 Å². The molecule has 0 bridgehead atoms. The SMILES string of the molecule is O=C1C(C2CCC(c3ccccc3)C2)CCN1c1ccccc1. The minimum atomic E-state index is 0.226. The summed E-state index contributed by atoms with van der Waals surface area (Å²) < 4.78 is 0. The Morgan fingerprint density at radius 3 is 2.26 bits per heavy atom. The van der Waals surface area contributed by atoms with E-state index in [0.717, 1.165) is 18.7 Å². The fourth-order valence-electron chi connectivity index (χ4n) is 4.41. The third-order valence-electron chi connectivity index (χ3n) is 5.63. The van der Waals surface area contributed by atoms with Gasteiger partial charge in [-0.2, -0.15) is 0 Å². The van der Waals surface area contributed by atoms with Crippen LogP contribution in [0.3, 0.4) is 0 Å². The summed E-state index contributed by atoms with van der Waals surface area (Å²) in [5.74, 6) is 1.76. The van der Waals surface area contributed by atoms with Crippen molar-refractivity contribution in [1.82, 2.24) is 0 Å². The van der Waals surface area contributed by atoms with Crippen molar-refractivity contribution < 1.29 is 4.79 Å². The molecule has 0 N–H and O–H groups in total. The maximum Gasteiger partial charge on any atom is 0.230 e. The second-order valence-electron chi connectivity index (χ2n) is 6.90. The molecule has 2 aromatic carbocycles. The van der Waals surface area contributed by atoms with E-state index >= 15 is 0 Å². The number of anilines is 1. The highest BCUT2D eigenvalue weighted by Gasteiger charge is 2.41. The van der Waals surface area contributed by atoms with Crippen LogP contribution in [0.4, 0.5) is 5.69 Å². The Bertz CT molecular complexity index is 667. The van der Waals surface area contributed by atoms with Crippen molar-refractivity contribution in [3.05, 3.63) is 66.2 Å². The van der Waals surface area contributed by atoms with Crippen LogP contribution in [0.2, 0.25) is 0 Å². The predicted molar refractivity (Wildman–Crippen MR) is 93.4 cm³/mol. The molecule has 3 unspecified atom stereocenters. The lowest BCUT2D eigenvalue weighted by Crippen LogP contribution is -2.29. The van der Waals surface area contributed by atoms with E-state index in [9.17, 15) is 4.79 Å². The van der Waals surface area contributed by atoms with Gasteiger partial charge in [-0.3, -0.25) is 4.79 Å². The van der Waals surface area contributed by atoms with Crippen molar-refractivity contribution >= 4 is 11.6 Å². The highest BCUT2D eigenvalue weighted by atomic mass is 16.2. The van der Waals surface area contributed by atoms with E-state index < -0.39 is 0 Å². The minimum absolute atomic E-state index is 0.226. The van der Waals surface area contributed by atoms with Gasteiger partial charge >= 0.3 is 0 Å². The normalized spacial score (nSPS) is 27.6. The molecule has 1 aliphatic carbocycles. The summed E-state index contributed by atoms with van der Waals surface area (Å²) in [4.78, 5) is 14.8. The van der Waals surface area contributed by atoms with Crippen LogP contribution in [0.25, 0.3) is 0 Å². The van der Waals surface area contributed by atoms with Gasteiger partial charge in [0.1, 0.15) is 0 Å². The molecule has 1 saturated heterocycles. The zero-order chi connectivity index (χ0) is 15.6. The summed E-state index contributed by atoms with van der Waals surface area (Å²) in [6.45, 7) is 0.875. The first-order chi connectivity index (χ1) is 11.3. The molecular formula is C21H23NO. The average Bonchev–Trinajstić information content (AvgIpc) is 3.23. The van der Waals surface area contributed by atoms with E-state index in [1.807, 2.05) is 35.2 Å². The fourth-order valence-corrected chi connectivity index (χ4v) is 4.41. The van der Waals surface area contributed by atoms with Gasteiger partial charge in [-0.25, -0.2) is 0 Å². The van der Waals surface area contributed by atoms with Gasteiger partial charge in [-0.05, 0) is 55.2 Å². The van der Waals surface area contributed by atoms with Crippen molar-refractivity contribution in [2.45, 2.75) is 31.6 Å². The lowest BCUT2D eigenvalue weighted by Gasteiger charge is -2.20. The number of nitrogens with zero attached hydrogens (tertiary/aromatic N) is 1. The van der Waals surface area contributed by atoms with E-state index in [1.165, 1.54) is 24.8 Å². The highest BCUT2D eigenvalue weighted by molar-refractivity contribution is 5.97. The van der Waals surface area contributed by atoms with Crippen molar-refractivity contribution in [3.8, 4) is 0 Å². The Hall–Kier alpha value is -2.09. The molecule has 2 nitrogen and oxygen atoms in total. The summed E-state index contributed by atoms with van der Waals surface area (Å²) >= 11 is 0. The molecule has 2 heteroatoms. The summed E-state index contributed by atoms with van der Waals surface area (Å²) in [5.41, 5.74) is 2.50.